The zero-order chi connectivity index (χ0) is 18.4. The minimum absolute atomic E-state index is 0.0284. The molecule has 0 saturated carbocycles. The van der Waals surface area contributed by atoms with Gasteiger partial charge in [0.05, 0.1) is 18.0 Å². The molecule has 0 bridgehead atoms. The van der Waals surface area contributed by atoms with Gasteiger partial charge in [-0.3, -0.25) is 14.2 Å². The van der Waals surface area contributed by atoms with Crippen LogP contribution in [0.4, 0.5) is 8.78 Å². The lowest BCUT2D eigenvalue weighted by Gasteiger charge is -2.25. The molecule has 8 heteroatoms. The summed E-state index contributed by atoms with van der Waals surface area (Å²) < 4.78 is 32.4. The molecule has 6 nitrogen and oxygen atoms in total. The van der Waals surface area contributed by atoms with Crippen molar-refractivity contribution < 1.29 is 13.6 Å². The molecular weight excluding hydrogens is 328 g/mol. The van der Waals surface area contributed by atoms with Crippen LogP contribution >= 0.6 is 0 Å². The molecule has 1 fully saturated rings. The van der Waals surface area contributed by atoms with Gasteiger partial charge in [0.15, 0.2) is 0 Å². The lowest BCUT2D eigenvalue weighted by molar-refractivity contribution is -0.158. The first kappa shape index (κ1) is 17.6. The summed E-state index contributed by atoms with van der Waals surface area (Å²) in [5.41, 5.74) is 0.300. The molecule has 3 rings (SSSR count). The van der Waals surface area contributed by atoms with Gasteiger partial charge < -0.3 is 4.90 Å². The predicted molar refractivity (Wildman–Crippen MR) is 88.1 cm³/mol. The molecule has 1 unspecified atom stereocenters. The molecule has 25 heavy (non-hydrogen) atoms. The fraction of sp³-hybridized carbons (Fsp3) is 0.588. The first-order chi connectivity index (χ1) is 11.6. The van der Waals surface area contributed by atoms with Crippen molar-refractivity contribution in [3.8, 4) is 0 Å². The summed E-state index contributed by atoms with van der Waals surface area (Å²) in [6, 6.07) is 0. The Labute approximate surface area is 145 Å². The molecule has 2 aromatic heterocycles. The van der Waals surface area contributed by atoms with Crippen LogP contribution in [0.2, 0.25) is 0 Å². The number of likely N-dealkylation sites (tertiary alicyclic amines) is 1. The zero-order valence-electron chi connectivity index (χ0n) is 14.9. The van der Waals surface area contributed by atoms with Gasteiger partial charge in [-0.15, -0.1) is 0 Å². The third-order valence-electron chi connectivity index (χ3n) is 4.95. The third-order valence-corrected chi connectivity index (χ3v) is 4.95. The summed E-state index contributed by atoms with van der Waals surface area (Å²) in [6.07, 6.45) is 5.92. The highest BCUT2D eigenvalue weighted by Crippen LogP contribution is 2.44. The first-order valence-corrected chi connectivity index (χ1v) is 8.34. The van der Waals surface area contributed by atoms with Crippen LogP contribution in [0.3, 0.4) is 0 Å². The van der Waals surface area contributed by atoms with Gasteiger partial charge >= 0.3 is 5.92 Å². The second kappa shape index (κ2) is 5.93. The Morgan fingerprint density at radius 2 is 2.04 bits per heavy atom. The van der Waals surface area contributed by atoms with Crippen LogP contribution in [0.1, 0.15) is 37.8 Å². The smallest absolute Gasteiger partial charge is 0.336 e. The summed E-state index contributed by atoms with van der Waals surface area (Å²) in [5.74, 6) is -4.77. The summed E-state index contributed by atoms with van der Waals surface area (Å²) in [7, 11) is 1.81. The van der Waals surface area contributed by atoms with Crippen molar-refractivity contribution in [3.63, 3.8) is 0 Å². The van der Waals surface area contributed by atoms with Gasteiger partial charge in [0.2, 0.25) is 0 Å². The number of nitrogens with zero attached hydrogens (tertiary/aromatic N) is 5. The minimum Gasteiger partial charge on any atom is -0.336 e. The fourth-order valence-corrected chi connectivity index (χ4v) is 3.49. The quantitative estimate of drug-likeness (QED) is 0.850. The van der Waals surface area contributed by atoms with E-state index in [4.69, 9.17) is 0 Å². The summed E-state index contributed by atoms with van der Waals surface area (Å²) in [4.78, 5) is 13.8. The van der Waals surface area contributed by atoms with Gasteiger partial charge in [0.1, 0.15) is 0 Å². The van der Waals surface area contributed by atoms with Crippen molar-refractivity contribution in [2.75, 3.05) is 13.1 Å². The van der Waals surface area contributed by atoms with Crippen LogP contribution in [-0.2, 0) is 24.3 Å². The molecule has 1 amide bonds. The number of rotatable bonds is 4. The van der Waals surface area contributed by atoms with Crippen LogP contribution < -0.4 is 0 Å². The van der Waals surface area contributed by atoms with E-state index in [1.165, 1.54) is 15.8 Å². The molecule has 3 heterocycles. The standard InChI is InChI=1S/C17H23F2N5O/c1-5-24-9-13(7-21-24)17(18,19)15(25)23-10-14(16(2,3)11-23)12-6-20-22(4)8-12/h6-9,14H,5,10-11H2,1-4H3. The van der Waals surface area contributed by atoms with Gasteiger partial charge in [0.25, 0.3) is 5.91 Å². The SMILES string of the molecule is CCn1cc(C(F)(F)C(=O)N2CC(c3cnn(C)c3)C(C)(C)C2)cn1. The zero-order valence-corrected chi connectivity index (χ0v) is 14.9. The van der Waals surface area contributed by atoms with Crippen molar-refractivity contribution in [2.24, 2.45) is 12.5 Å². The molecule has 1 aliphatic heterocycles. The van der Waals surface area contributed by atoms with Gasteiger partial charge in [-0.25, -0.2) is 0 Å². The van der Waals surface area contributed by atoms with E-state index in [0.717, 1.165) is 11.8 Å². The largest absolute Gasteiger partial charge is 0.352 e. The van der Waals surface area contributed by atoms with E-state index < -0.39 is 11.8 Å². The van der Waals surface area contributed by atoms with Gasteiger partial charge in [-0.2, -0.15) is 19.0 Å². The van der Waals surface area contributed by atoms with Crippen LogP contribution in [0.15, 0.2) is 24.8 Å². The normalized spacial score (nSPS) is 20.2. The number of hydrogen-bond donors (Lipinski definition) is 0. The van der Waals surface area contributed by atoms with Crippen molar-refractivity contribution in [2.45, 2.75) is 39.2 Å². The number of aryl methyl sites for hydroxylation is 2. The number of aromatic nitrogens is 4. The second-order valence-corrected chi connectivity index (χ2v) is 7.33. The van der Waals surface area contributed by atoms with Crippen molar-refractivity contribution >= 4 is 5.91 Å². The maximum atomic E-state index is 14.7. The number of alkyl halides is 2. The highest BCUT2D eigenvalue weighted by Gasteiger charge is 2.51. The number of carbonyl (C=O) groups excluding carboxylic acids is 1. The fourth-order valence-electron chi connectivity index (χ4n) is 3.49. The van der Waals surface area contributed by atoms with E-state index in [2.05, 4.69) is 10.2 Å². The number of amides is 1. The lowest BCUT2D eigenvalue weighted by atomic mass is 9.79. The molecule has 2 aromatic rings. The predicted octanol–water partition coefficient (Wildman–Crippen LogP) is 2.38. The van der Waals surface area contributed by atoms with Crippen LogP contribution in [0.25, 0.3) is 0 Å². The molecule has 0 N–H and O–H groups in total. The highest BCUT2D eigenvalue weighted by molar-refractivity contribution is 5.85. The Balaban J connectivity index is 1.83. The Bertz CT molecular complexity index is 780. The number of halogens is 2. The second-order valence-electron chi connectivity index (χ2n) is 7.33. The Kier molecular flexibility index (Phi) is 4.17. The average molecular weight is 351 g/mol. The van der Waals surface area contributed by atoms with E-state index in [-0.39, 0.29) is 30.0 Å². The monoisotopic (exact) mass is 351 g/mol. The van der Waals surface area contributed by atoms with E-state index in [1.54, 1.807) is 17.8 Å². The Morgan fingerprint density at radius 3 is 2.60 bits per heavy atom. The molecular formula is C17H23F2N5O. The van der Waals surface area contributed by atoms with Gasteiger partial charge in [-0.1, -0.05) is 13.8 Å². The maximum Gasteiger partial charge on any atom is 0.352 e. The number of hydrogen-bond acceptors (Lipinski definition) is 3. The van der Waals surface area contributed by atoms with Crippen LogP contribution in [-0.4, -0.2) is 43.5 Å². The average Bonchev–Trinajstić information content (AvgIpc) is 3.24. The molecule has 0 radical (unpaired) electrons. The van der Waals surface area contributed by atoms with E-state index in [9.17, 15) is 13.6 Å². The maximum absolute atomic E-state index is 14.7. The van der Waals surface area contributed by atoms with Gasteiger partial charge in [0, 0.05) is 45.0 Å². The topological polar surface area (TPSA) is 56.0 Å². The van der Waals surface area contributed by atoms with Gasteiger partial charge in [-0.05, 0) is 17.9 Å². The molecule has 0 spiro atoms. The first-order valence-electron chi connectivity index (χ1n) is 8.34. The molecule has 1 aliphatic rings. The van der Waals surface area contributed by atoms with E-state index >= 15 is 0 Å². The van der Waals surface area contributed by atoms with Crippen molar-refractivity contribution in [1.29, 1.82) is 0 Å². The summed E-state index contributed by atoms with van der Waals surface area (Å²) in [6.45, 7) is 6.80. The van der Waals surface area contributed by atoms with E-state index in [1.807, 2.05) is 27.1 Å². The highest BCUT2D eigenvalue weighted by atomic mass is 19.3. The number of carbonyl (C=O) groups is 1. The third kappa shape index (κ3) is 3.05. The molecule has 1 saturated heterocycles. The van der Waals surface area contributed by atoms with Crippen LogP contribution in [0, 0.1) is 5.41 Å². The van der Waals surface area contributed by atoms with Crippen molar-refractivity contribution in [3.05, 3.63) is 35.9 Å². The summed E-state index contributed by atoms with van der Waals surface area (Å²) in [5, 5.41) is 8.02. The van der Waals surface area contributed by atoms with Crippen LogP contribution in [0.5, 0.6) is 0 Å². The molecule has 1 atom stereocenters. The Hall–Kier alpha value is -2.25. The summed E-state index contributed by atoms with van der Waals surface area (Å²) >= 11 is 0. The van der Waals surface area contributed by atoms with E-state index in [0.29, 0.717) is 6.54 Å². The molecule has 0 aliphatic carbocycles. The minimum atomic E-state index is -3.58. The molecule has 0 aromatic carbocycles. The Morgan fingerprint density at radius 1 is 1.32 bits per heavy atom. The lowest BCUT2D eigenvalue weighted by Crippen LogP contribution is -2.41. The molecule has 136 valence electrons. The van der Waals surface area contributed by atoms with Crippen molar-refractivity contribution in [1.82, 2.24) is 24.5 Å².